The molecule has 4 heteroatoms. The highest BCUT2D eigenvalue weighted by atomic mass is 16.1. The Bertz CT molecular complexity index is 359. The molecule has 0 aromatic carbocycles. The van der Waals surface area contributed by atoms with Gasteiger partial charge in [-0.1, -0.05) is 0 Å². The van der Waals surface area contributed by atoms with Crippen LogP contribution in [-0.2, 0) is 9.59 Å². The summed E-state index contributed by atoms with van der Waals surface area (Å²) in [6.45, 7) is 1.56. The maximum Gasteiger partial charge on any atom is 0.157 e. The molecule has 0 aromatic heterocycles. The summed E-state index contributed by atoms with van der Waals surface area (Å²) in [7, 11) is 0. The first-order chi connectivity index (χ1) is 8.74. The number of hydrogen-bond acceptors (Lipinski definition) is 4. The molecule has 2 rings (SSSR count). The van der Waals surface area contributed by atoms with Crippen LogP contribution in [0.4, 0.5) is 0 Å². The molecule has 18 heavy (non-hydrogen) atoms. The van der Waals surface area contributed by atoms with Crippen molar-refractivity contribution in [3.63, 3.8) is 0 Å². The van der Waals surface area contributed by atoms with Gasteiger partial charge in [0.2, 0.25) is 0 Å². The molecule has 0 saturated heterocycles. The Hall–Kier alpha value is -1.58. The third kappa shape index (κ3) is 4.02. The molecule has 0 amide bonds. The monoisotopic (exact) mass is 248 g/mol. The average molecular weight is 248 g/mol. The molecule has 0 fully saturated rings. The number of hydrogen-bond donors (Lipinski definition) is 2. The largest absolute Gasteiger partial charge is 0.386 e. The summed E-state index contributed by atoms with van der Waals surface area (Å²) in [5, 5.41) is 6.54. The van der Waals surface area contributed by atoms with E-state index in [1.54, 1.807) is 12.2 Å². The predicted octanol–water partition coefficient (Wildman–Crippen LogP) is 1.44. The number of carbonyl (C=O) groups is 2. The zero-order valence-corrected chi connectivity index (χ0v) is 10.6. The summed E-state index contributed by atoms with van der Waals surface area (Å²) < 4.78 is 0. The van der Waals surface area contributed by atoms with Crippen molar-refractivity contribution in [2.24, 2.45) is 0 Å². The van der Waals surface area contributed by atoms with Crippen molar-refractivity contribution in [3.8, 4) is 0 Å². The summed E-state index contributed by atoms with van der Waals surface area (Å²) in [5.41, 5.74) is 2.09. The molecule has 0 atom stereocenters. The molecule has 2 aliphatic carbocycles. The smallest absolute Gasteiger partial charge is 0.157 e. The summed E-state index contributed by atoms with van der Waals surface area (Å²) in [6, 6.07) is 0. The highest BCUT2D eigenvalue weighted by Gasteiger charge is 2.10. The van der Waals surface area contributed by atoms with Gasteiger partial charge in [0, 0.05) is 49.5 Å². The van der Waals surface area contributed by atoms with Gasteiger partial charge in [-0.2, -0.15) is 0 Å². The molecule has 0 radical (unpaired) electrons. The van der Waals surface area contributed by atoms with Gasteiger partial charge in [-0.05, 0) is 25.7 Å². The standard InChI is InChI=1S/C14H20N2O2/c17-13-5-1-3-11(9-13)15-7-8-16-12-4-2-6-14(18)10-12/h9-10,15-16H,1-8H2. The summed E-state index contributed by atoms with van der Waals surface area (Å²) >= 11 is 0. The minimum Gasteiger partial charge on any atom is -0.386 e. The van der Waals surface area contributed by atoms with Crippen molar-refractivity contribution < 1.29 is 9.59 Å². The van der Waals surface area contributed by atoms with Crippen LogP contribution in [0.3, 0.4) is 0 Å². The van der Waals surface area contributed by atoms with Crippen LogP contribution in [0, 0.1) is 0 Å². The van der Waals surface area contributed by atoms with E-state index in [1.807, 2.05) is 0 Å². The van der Waals surface area contributed by atoms with Crippen LogP contribution in [-0.4, -0.2) is 24.7 Å². The SMILES string of the molecule is O=C1C=C(NCCNC2=CC(=O)CCC2)CCC1. The fourth-order valence-electron chi connectivity index (χ4n) is 2.31. The predicted molar refractivity (Wildman–Crippen MR) is 69.9 cm³/mol. The number of nitrogens with one attached hydrogen (secondary N) is 2. The van der Waals surface area contributed by atoms with Crippen molar-refractivity contribution in [3.05, 3.63) is 23.5 Å². The fraction of sp³-hybridized carbons (Fsp3) is 0.571. The van der Waals surface area contributed by atoms with Crippen LogP contribution in [0.1, 0.15) is 38.5 Å². The Morgan fingerprint density at radius 1 is 0.778 bits per heavy atom. The van der Waals surface area contributed by atoms with Gasteiger partial charge in [-0.15, -0.1) is 0 Å². The van der Waals surface area contributed by atoms with Gasteiger partial charge in [0.25, 0.3) is 0 Å². The number of carbonyl (C=O) groups excluding carboxylic acids is 2. The van der Waals surface area contributed by atoms with E-state index in [0.29, 0.717) is 12.8 Å². The molecule has 2 N–H and O–H groups in total. The minimum atomic E-state index is 0.220. The van der Waals surface area contributed by atoms with Crippen LogP contribution in [0.5, 0.6) is 0 Å². The number of allylic oxidation sites excluding steroid dienone is 4. The Kier molecular flexibility index (Phi) is 4.56. The van der Waals surface area contributed by atoms with Gasteiger partial charge < -0.3 is 10.6 Å². The van der Waals surface area contributed by atoms with Crippen molar-refractivity contribution >= 4 is 11.6 Å². The van der Waals surface area contributed by atoms with Crippen LogP contribution < -0.4 is 10.6 Å². The van der Waals surface area contributed by atoms with E-state index in [9.17, 15) is 9.59 Å². The highest BCUT2D eigenvalue weighted by Crippen LogP contribution is 2.13. The molecule has 4 nitrogen and oxygen atoms in total. The number of ketones is 2. The van der Waals surface area contributed by atoms with Crippen LogP contribution in [0.15, 0.2) is 23.5 Å². The lowest BCUT2D eigenvalue weighted by atomic mass is 10.0. The van der Waals surface area contributed by atoms with E-state index < -0.39 is 0 Å². The first-order valence-electron chi connectivity index (χ1n) is 6.68. The molecule has 2 aliphatic rings. The van der Waals surface area contributed by atoms with Gasteiger partial charge >= 0.3 is 0 Å². The first-order valence-corrected chi connectivity index (χ1v) is 6.68. The Morgan fingerprint density at radius 2 is 1.22 bits per heavy atom. The third-order valence-corrected chi connectivity index (χ3v) is 3.24. The van der Waals surface area contributed by atoms with Crippen LogP contribution in [0.25, 0.3) is 0 Å². The second-order valence-electron chi connectivity index (χ2n) is 4.83. The maximum absolute atomic E-state index is 11.2. The van der Waals surface area contributed by atoms with Gasteiger partial charge in [-0.25, -0.2) is 0 Å². The van der Waals surface area contributed by atoms with E-state index in [1.165, 1.54) is 0 Å². The Morgan fingerprint density at radius 3 is 1.61 bits per heavy atom. The third-order valence-electron chi connectivity index (χ3n) is 3.24. The van der Waals surface area contributed by atoms with Crippen molar-refractivity contribution in [1.82, 2.24) is 10.6 Å². The quantitative estimate of drug-likeness (QED) is 0.723. The van der Waals surface area contributed by atoms with Crippen LogP contribution >= 0.6 is 0 Å². The molecule has 0 bridgehead atoms. The topological polar surface area (TPSA) is 58.2 Å². The lowest BCUT2D eigenvalue weighted by Crippen LogP contribution is -2.28. The second kappa shape index (κ2) is 6.38. The van der Waals surface area contributed by atoms with Gasteiger partial charge in [0.05, 0.1) is 0 Å². The molecule has 0 saturated carbocycles. The summed E-state index contributed by atoms with van der Waals surface area (Å²) in [5.74, 6) is 0.439. The molecular weight excluding hydrogens is 228 g/mol. The molecule has 0 spiro atoms. The zero-order chi connectivity index (χ0) is 12.8. The lowest BCUT2D eigenvalue weighted by molar-refractivity contribution is -0.115. The van der Waals surface area contributed by atoms with E-state index >= 15 is 0 Å². The minimum absolute atomic E-state index is 0.220. The molecular formula is C14H20N2O2. The molecule has 0 heterocycles. The van der Waals surface area contributed by atoms with Gasteiger partial charge in [0.1, 0.15) is 0 Å². The normalized spacial score (nSPS) is 20.2. The van der Waals surface area contributed by atoms with Crippen molar-refractivity contribution in [1.29, 1.82) is 0 Å². The van der Waals surface area contributed by atoms with Crippen LogP contribution in [0.2, 0.25) is 0 Å². The number of rotatable bonds is 5. The molecule has 0 unspecified atom stereocenters. The Balaban J connectivity index is 1.67. The average Bonchev–Trinajstić information content (AvgIpc) is 2.35. The summed E-state index contributed by atoms with van der Waals surface area (Å²) in [4.78, 5) is 22.4. The van der Waals surface area contributed by atoms with Gasteiger partial charge in [-0.3, -0.25) is 9.59 Å². The first kappa shape index (κ1) is 12.9. The fourth-order valence-corrected chi connectivity index (χ4v) is 2.31. The molecule has 0 aliphatic heterocycles. The second-order valence-corrected chi connectivity index (χ2v) is 4.83. The maximum atomic E-state index is 11.2. The Labute approximate surface area is 108 Å². The van der Waals surface area contributed by atoms with E-state index in [2.05, 4.69) is 10.6 Å². The molecule has 98 valence electrons. The van der Waals surface area contributed by atoms with E-state index in [0.717, 1.165) is 50.2 Å². The zero-order valence-electron chi connectivity index (χ0n) is 10.6. The van der Waals surface area contributed by atoms with Gasteiger partial charge in [0.15, 0.2) is 11.6 Å². The lowest BCUT2D eigenvalue weighted by Gasteiger charge is -2.17. The highest BCUT2D eigenvalue weighted by molar-refractivity contribution is 5.91. The molecule has 0 aromatic rings. The van der Waals surface area contributed by atoms with E-state index in [4.69, 9.17) is 0 Å². The summed E-state index contributed by atoms with van der Waals surface area (Å²) in [6.07, 6.45) is 8.62. The van der Waals surface area contributed by atoms with Crippen molar-refractivity contribution in [2.75, 3.05) is 13.1 Å². The van der Waals surface area contributed by atoms with Crippen molar-refractivity contribution in [2.45, 2.75) is 38.5 Å². The van der Waals surface area contributed by atoms with E-state index in [-0.39, 0.29) is 11.6 Å².